The fraction of sp³-hybridized carbons (Fsp3) is 0.540. The molecule has 6 aromatic rings. The number of hydrogen-bond acceptors (Lipinski definition) is 22. The molecule has 0 unspecified atom stereocenters. The zero-order valence-corrected chi connectivity index (χ0v) is 75.3. The maximum Gasteiger partial charge on any atom is 0.305 e. The van der Waals surface area contributed by atoms with Crippen molar-refractivity contribution >= 4 is 139 Å². The molecule has 0 saturated carbocycles. The zero-order valence-electron chi connectivity index (χ0n) is 74.5. The van der Waals surface area contributed by atoms with E-state index in [1.54, 1.807) is 111 Å². The molecule has 0 spiro atoms. The summed E-state index contributed by atoms with van der Waals surface area (Å²) in [6.07, 6.45) is 7.24. The van der Waals surface area contributed by atoms with Crippen LogP contribution in [0.3, 0.4) is 0 Å². The quantitative estimate of drug-likeness (QED) is 0.0112. The van der Waals surface area contributed by atoms with Crippen LogP contribution in [0, 0.1) is 22.7 Å². The Balaban J connectivity index is 1.26. The minimum Gasteiger partial charge on any atom is -0.481 e. The molecule has 714 valence electrons. The molecule has 13 amide bonds. The number of nitrogens with two attached hydrogens (primary N) is 7. The number of carboxylic acid groups (broad SMARTS) is 1. The number of aliphatic hydroxyl groups excluding tert-OH is 1. The summed E-state index contributed by atoms with van der Waals surface area (Å²) in [6, 6.07) is 2.07. The minimum atomic E-state index is -1.99. The predicted octanol–water partition coefficient (Wildman–Crippen LogP) is -1.99. The number of carbonyl (C=O) groups excluding carboxylic acids is 13. The van der Waals surface area contributed by atoms with Crippen LogP contribution >= 0.6 is 11.8 Å². The van der Waals surface area contributed by atoms with E-state index in [2.05, 4.69) is 89.4 Å². The molecule has 43 heteroatoms. The van der Waals surface area contributed by atoms with E-state index in [0.717, 1.165) is 0 Å². The van der Waals surface area contributed by atoms with Crippen molar-refractivity contribution in [2.24, 2.45) is 52.0 Å². The number of carbonyl (C=O) groups is 14. The Morgan fingerprint density at radius 1 is 0.369 bits per heavy atom. The molecule has 0 radical (unpaired) electrons. The summed E-state index contributed by atoms with van der Waals surface area (Å²) < 4.78 is 0. The lowest BCUT2D eigenvalue weighted by molar-refractivity contribution is -0.141. The molecule has 130 heavy (non-hydrogen) atoms. The summed E-state index contributed by atoms with van der Waals surface area (Å²) in [7, 11) is 0. The number of carboxylic acids is 1. The molecule has 0 fully saturated rings. The highest BCUT2D eigenvalue weighted by atomic mass is 32.2. The van der Waals surface area contributed by atoms with Gasteiger partial charge in [-0.25, -0.2) is 0 Å². The number of benzene rings is 3. The molecule has 6 rings (SSSR count). The van der Waals surface area contributed by atoms with Crippen molar-refractivity contribution in [1.82, 2.24) is 89.4 Å². The Hall–Kier alpha value is -12.5. The van der Waals surface area contributed by atoms with Crippen LogP contribution in [0.15, 0.2) is 91.4 Å². The molecule has 42 nitrogen and oxygen atoms in total. The highest BCUT2D eigenvalue weighted by Crippen LogP contribution is 2.24. The lowest BCUT2D eigenvalue weighted by Gasteiger charge is -2.29. The number of fused-ring (bicyclic) bond motifs is 3. The molecule has 3 aromatic heterocycles. The standard InChI is InChI=1S/C87H134N26O16S/c1-48(2)38-65(73(92)117)107-82(126)68(41-51-45-100-58-25-10-7-21-54(51)58)111-85(129)71(47-114)113-83(127)69(42-52-46-101-59-26-11-8-22-55(52)59)110-84(128)70(43-72(115)116)112-80(124)66(39-49(3)4)108-77(121)61(28-13-16-33-89)103-75(119)60(27-12-15-32-88)105-81(125)67(40-50-44-99-57-24-9-6-20-53(50)57)109-78(122)62(29-14-17-34-90)104-79(123)64(31-37-130-5)106-76(120)63(30-19-36-98-87(95)96)102-74(118)56(91)23-18-35-97-86(93)94/h6-11,20-22,24-26,44-46,48-49,56,60-71,99-101,114H,12-19,23,27-43,47,88-91H2,1-5H3,(H2,92,117)(H,102,118)(H,103,119)(H,104,123)(H,105,125)(H,106,120)(H,107,126)(H,108,121)(H,109,122)(H,110,128)(H,111,129)(H,112,124)(H,113,127)(H,115,116)(H4,93,94,97)(H4,95,96,98)/t56-,60-,61-,62-,63-,64-,65+,66+,67-,68+,69+,70+,71+/m1/s1. The van der Waals surface area contributed by atoms with Gasteiger partial charge in [0.05, 0.1) is 19.1 Å². The van der Waals surface area contributed by atoms with Crippen molar-refractivity contribution in [3.63, 3.8) is 0 Å². The third-order valence-electron chi connectivity index (χ3n) is 21.7. The highest BCUT2D eigenvalue weighted by Gasteiger charge is 2.39. The molecule has 0 aliphatic heterocycles. The van der Waals surface area contributed by atoms with Crippen LogP contribution in [-0.4, -0.2) is 250 Å². The second-order valence-electron chi connectivity index (χ2n) is 33.1. The molecule has 0 aliphatic carbocycles. The number of aromatic amines is 3. The average Bonchev–Trinajstić information content (AvgIpc) is 1.65. The second kappa shape index (κ2) is 55.4. The van der Waals surface area contributed by atoms with Gasteiger partial charge in [-0.2, -0.15) is 11.8 Å². The summed E-state index contributed by atoms with van der Waals surface area (Å²) in [5.41, 5.74) is 44.3. The number of unbranched alkanes of at least 4 members (excludes halogenated alkanes) is 3. The number of nitrogens with one attached hydrogen (secondary N) is 19. The number of H-pyrrole nitrogens is 3. The maximum atomic E-state index is 15.3. The van der Waals surface area contributed by atoms with Crippen LogP contribution in [0.1, 0.15) is 154 Å². The fourth-order valence-corrected chi connectivity index (χ4v) is 15.2. The molecule has 0 bridgehead atoms. The van der Waals surface area contributed by atoms with E-state index in [-0.39, 0.29) is 140 Å². The molecule has 3 aromatic carbocycles. The van der Waals surface area contributed by atoms with Gasteiger partial charge in [-0.1, -0.05) is 82.3 Å². The Labute approximate surface area is 759 Å². The molecular formula is C87H134N26O16S. The molecule has 0 aliphatic rings. The second-order valence-corrected chi connectivity index (χ2v) is 34.1. The fourth-order valence-electron chi connectivity index (χ4n) is 14.7. The largest absolute Gasteiger partial charge is 0.481 e. The van der Waals surface area contributed by atoms with Gasteiger partial charge in [0.15, 0.2) is 11.9 Å². The van der Waals surface area contributed by atoms with Crippen LogP contribution in [-0.2, 0) is 86.4 Å². The summed E-state index contributed by atoms with van der Waals surface area (Å²) >= 11 is 1.36. The molecule has 13 atom stereocenters. The molecular weight excluding hydrogens is 1700 g/mol. The summed E-state index contributed by atoms with van der Waals surface area (Å²) in [4.78, 5) is 211. The van der Waals surface area contributed by atoms with E-state index in [1.165, 1.54) is 11.8 Å². The van der Waals surface area contributed by atoms with Gasteiger partial charge in [0.2, 0.25) is 76.8 Å². The summed E-state index contributed by atoms with van der Waals surface area (Å²) in [5.74, 6) is -14.3. The number of hydrogen-bond donors (Lipinski definition) is 28. The van der Waals surface area contributed by atoms with Crippen molar-refractivity contribution in [1.29, 1.82) is 10.8 Å². The van der Waals surface area contributed by atoms with Crippen LogP contribution in [0.2, 0.25) is 0 Å². The molecule has 0 saturated heterocycles. The van der Waals surface area contributed by atoms with E-state index in [4.69, 9.17) is 51.0 Å². The first-order valence-electron chi connectivity index (χ1n) is 44.0. The summed E-state index contributed by atoms with van der Waals surface area (Å²) in [5, 5.41) is 75.6. The maximum absolute atomic E-state index is 15.3. The topological polar surface area (TPSA) is 725 Å². The zero-order chi connectivity index (χ0) is 95.5. The predicted molar refractivity (Wildman–Crippen MR) is 495 cm³/mol. The normalized spacial score (nSPS) is 14.4. The van der Waals surface area contributed by atoms with E-state index in [1.807, 2.05) is 13.8 Å². The SMILES string of the molecule is CSCC[C@@H](NC(=O)[C@@H](CCCNC(=N)N)NC(=O)[C@H](N)CCCNC(=N)N)C(=O)N[C@H](CCCCN)C(=O)N[C@H](Cc1c[nH]c2ccccc12)C(=O)N[C@H](CCCCN)C(=O)N[C@H](CCCCN)C(=O)N[C@@H](CC(C)C)C(=O)N[C@@H](CC(=O)O)C(=O)N[C@@H](Cc1c[nH]c2ccccc12)C(=O)N[C@@H](CO)C(=O)N[C@@H](Cc1c[nH]c2ccccc12)C(=O)N[C@@H](CC(C)C)C(N)=O. The van der Waals surface area contributed by atoms with Gasteiger partial charge in [0, 0.05) is 83.7 Å². The number of thioether (sulfide) groups is 1. The van der Waals surface area contributed by atoms with Gasteiger partial charge in [-0.05, 0) is 181 Å². The Morgan fingerprint density at radius 3 is 1.00 bits per heavy atom. The third kappa shape index (κ3) is 35.5. The van der Waals surface area contributed by atoms with Crippen molar-refractivity contribution in [2.75, 3.05) is 51.3 Å². The van der Waals surface area contributed by atoms with Crippen molar-refractivity contribution in [3.05, 3.63) is 108 Å². The van der Waals surface area contributed by atoms with E-state index >= 15 is 19.2 Å². The van der Waals surface area contributed by atoms with Crippen LogP contribution < -0.4 is 115 Å². The van der Waals surface area contributed by atoms with Crippen molar-refractivity contribution in [2.45, 2.75) is 235 Å². The number of rotatable bonds is 61. The number of aliphatic carboxylic acids is 1. The van der Waals surface area contributed by atoms with Gasteiger partial charge in [-0.15, -0.1) is 0 Å². The number of amides is 13. The first kappa shape index (κ1) is 106. The minimum absolute atomic E-state index is 0.00139. The lowest BCUT2D eigenvalue weighted by atomic mass is 10.00. The van der Waals surface area contributed by atoms with Crippen LogP contribution in [0.25, 0.3) is 32.7 Å². The lowest BCUT2D eigenvalue weighted by Crippen LogP contribution is -2.61. The Kier molecular flexibility index (Phi) is 45.3. The van der Waals surface area contributed by atoms with Gasteiger partial charge < -0.3 is 140 Å². The van der Waals surface area contributed by atoms with E-state index in [0.29, 0.717) is 87.3 Å². The van der Waals surface area contributed by atoms with Crippen LogP contribution in [0.5, 0.6) is 0 Å². The van der Waals surface area contributed by atoms with E-state index < -0.39 is 180 Å². The Bertz CT molecular complexity index is 4770. The Morgan fingerprint density at radius 2 is 0.654 bits per heavy atom. The number of aromatic nitrogens is 3. The van der Waals surface area contributed by atoms with Gasteiger partial charge in [0.1, 0.15) is 72.5 Å². The third-order valence-corrected chi connectivity index (χ3v) is 22.3. The highest BCUT2D eigenvalue weighted by molar-refractivity contribution is 7.98. The van der Waals surface area contributed by atoms with Gasteiger partial charge >= 0.3 is 5.97 Å². The van der Waals surface area contributed by atoms with Crippen molar-refractivity contribution in [3.8, 4) is 0 Å². The summed E-state index contributed by atoms with van der Waals surface area (Å²) in [6.45, 7) is 6.91. The smallest absolute Gasteiger partial charge is 0.305 e. The van der Waals surface area contributed by atoms with Gasteiger partial charge in [-0.3, -0.25) is 77.9 Å². The van der Waals surface area contributed by atoms with E-state index in [9.17, 15) is 58.2 Å². The van der Waals surface area contributed by atoms with Crippen molar-refractivity contribution < 1.29 is 77.3 Å². The average molecular weight is 1830 g/mol. The first-order valence-corrected chi connectivity index (χ1v) is 45.4. The van der Waals surface area contributed by atoms with Crippen LogP contribution in [0.4, 0.5) is 0 Å². The number of primary amides is 1. The number of guanidine groups is 2. The molecule has 3 heterocycles. The monoisotopic (exact) mass is 1830 g/mol. The molecule has 35 N–H and O–H groups in total. The van der Waals surface area contributed by atoms with Gasteiger partial charge in [0.25, 0.3) is 0 Å². The first-order chi connectivity index (χ1) is 62.1. The number of para-hydroxylation sites is 3. The number of aliphatic hydroxyl groups is 1.